The van der Waals surface area contributed by atoms with Crippen molar-refractivity contribution in [1.82, 2.24) is 15.5 Å². The van der Waals surface area contributed by atoms with Crippen molar-refractivity contribution in [1.29, 1.82) is 5.26 Å². The lowest BCUT2D eigenvalue weighted by atomic mass is 10.3. The first-order valence-electron chi connectivity index (χ1n) is 7.24. The fraction of sp³-hybridized carbons (Fsp3) is 0.467. The van der Waals surface area contributed by atoms with E-state index in [1.165, 1.54) is 12.5 Å². The first-order valence-corrected chi connectivity index (χ1v) is 7.24. The number of amides is 1. The molecule has 0 aromatic carbocycles. The first kappa shape index (κ1) is 16.1. The molecule has 1 aromatic rings. The van der Waals surface area contributed by atoms with Crippen LogP contribution in [-0.4, -0.2) is 50.2 Å². The van der Waals surface area contributed by atoms with Crippen molar-refractivity contribution in [3.63, 3.8) is 0 Å². The monoisotopic (exact) mass is 304 g/mol. The second-order valence-corrected chi connectivity index (χ2v) is 4.84. The highest BCUT2D eigenvalue weighted by molar-refractivity contribution is 5.97. The van der Waals surface area contributed by atoms with E-state index in [1.807, 2.05) is 6.07 Å². The second kappa shape index (κ2) is 8.87. The topological polar surface area (TPSA) is 90.5 Å². The van der Waals surface area contributed by atoms with Gasteiger partial charge in [-0.25, -0.2) is 0 Å². The Hall–Kier alpha value is -2.30. The number of rotatable bonds is 7. The molecular formula is C15H20N4O3. The number of nitrogens with zero attached hydrogens (tertiary/aromatic N) is 2. The van der Waals surface area contributed by atoms with Gasteiger partial charge in [0.15, 0.2) is 0 Å². The lowest BCUT2D eigenvalue weighted by Gasteiger charge is -2.26. The number of morpholine rings is 1. The highest BCUT2D eigenvalue weighted by atomic mass is 16.5. The van der Waals surface area contributed by atoms with Gasteiger partial charge >= 0.3 is 0 Å². The molecule has 2 rings (SSSR count). The van der Waals surface area contributed by atoms with Gasteiger partial charge in [-0.2, -0.15) is 5.26 Å². The molecule has 0 unspecified atom stereocenters. The van der Waals surface area contributed by atoms with Gasteiger partial charge < -0.3 is 19.8 Å². The van der Waals surface area contributed by atoms with Crippen molar-refractivity contribution in [3.8, 4) is 6.07 Å². The molecule has 1 fully saturated rings. The van der Waals surface area contributed by atoms with E-state index in [2.05, 4.69) is 15.5 Å². The van der Waals surface area contributed by atoms with Gasteiger partial charge in [0.2, 0.25) is 0 Å². The molecular weight excluding hydrogens is 284 g/mol. The average molecular weight is 304 g/mol. The van der Waals surface area contributed by atoms with E-state index < -0.39 is 5.91 Å². The zero-order chi connectivity index (χ0) is 15.6. The maximum absolute atomic E-state index is 11.9. The van der Waals surface area contributed by atoms with E-state index in [0.29, 0.717) is 12.3 Å². The van der Waals surface area contributed by atoms with Crippen molar-refractivity contribution < 1.29 is 13.9 Å². The summed E-state index contributed by atoms with van der Waals surface area (Å²) in [6.45, 7) is 5.14. The van der Waals surface area contributed by atoms with Crippen LogP contribution in [0.1, 0.15) is 5.76 Å². The van der Waals surface area contributed by atoms with Crippen LogP contribution in [0.3, 0.4) is 0 Å². The summed E-state index contributed by atoms with van der Waals surface area (Å²) in [7, 11) is 0. The Balaban J connectivity index is 1.70. The van der Waals surface area contributed by atoms with Gasteiger partial charge in [0.05, 0.1) is 26.0 Å². The molecule has 1 amide bonds. The molecule has 0 spiro atoms. The third kappa shape index (κ3) is 5.24. The van der Waals surface area contributed by atoms with Crippen molar-refractivity contribution in [2.75, 3.05) is 39.4 Å². The summed E-state index contributed by atoms with van der Waals surface area (Å²) >= 11 is 0. The number of carbonyl (C=O) groups excluding carboxylic acids is 1. The van der Waals surface area contributed by atoms with E-state index in [9.17, 15) is 4.79 Å². The SMILES string of the molecule is N#C/C(=C/NCCN1CCOCC1)C(=O)NCc1ccco1. The Morgan fingerprint density at radius 1 is 1.45 bits per heavy atom. The van der Waals surface area contributed by atoms with Crippen LogP contribution >= 0.6 is 0 Å². The predicted octanol–water partition coefficient (Wildman–Crippen LogP) is 0.225. The Morgan fingerprint density at radius 2 is 2.27 bits per heavy atom. The standard InChI is InChI=1S/C15H20N4O3/c16-10-13(15(20)18-12-14-2-1-7-22-14)11-17-3-4-19-5-8-21-9-6-19/h1-2,7,11,17H,3-6,8-9,12H2,(H,18,20)/b13-11-. The molecule has 0 bridgehead atoms. The highest BCUT2D eigenvalue weighted by Gasteiger charge is 2.10. The molecule has 1 aromatic heterocycles. The highest BCUT2D eigenvalue weighted by Crippen LogP contribution is 2.00. The Kier molecular flexibility index (Phi) is 6.48. The van der Waals surface area contributed by atoms with Crippen molar-refractivity contribution in [2.24, 2.45) is 0 Å². The summed E-state index contributed by atoms with van der Waals surface area (Å²) in [5.41, 5.74) is 0.0496. The van der Waals surface area contributed by atoms with Gasteiger partial charge in [0.1, 0.15) is 17.4 Å². The third-order valence-corrected chi connectivity index (χ3v) is 3.29. The quantitative estimate of drug-likeness (QED) is 0.425. The van der Waals surface area contributed by atoms with Crippen LogP contribution in [0.15, 0.2) is 34.6 Å². The van der Waals surface area contributed by atoms with Gasteiger partial charge in [0.25, 0.3) is 5.91 Å². The average Bonchev–Trinajstić information content (AvgIpc) is 3.07. The Morgan fingerprint density at radius 3 is 2.95 bits per heavy atom. The number of ether oxygens (including phenoxy) is 1. The number of nitrogens with one attached hydrogen (secondary N) is 2. The van der Waals surface area contributed by atoms with Gasteiger partial charge in [-0.1, -0.05) is 0 Å². The summed E-state index contributed by atoms with van der Waals surface area (Å²) in [5, 5.41) is 14.7. The molecule has 0 radical (unpaired) electrons. The maximum atomic E-state index is 11.9. The van der Waals surface area contributed by atoms with Crippen LogP contribution in [-0.2, 0) is 16.1 Å². The molecule has 7 nitrogen and oxygen atoms in total. The van der Waals surface area contributed by atoms with E-state index >= 15 is 0 Å². The molecule has 2 heterocycles. The lowest BCUT2D eigenvalue weighted by molar-refractivity contribution is -0.117. The Labute approximate surface area is 129 Å². The van der Waals surface area contributed by atoms with Crippen LogP contribution in [0, 0.1) is 11.3 Å². The summed E-state index contributed by atoms with van der Waals surface area (Å²) in [5.74, 6) is 0.226. The fourth-order valence-corrected chi connectivity index (χ4v) is 2.05. The minimum Gasteiger partial charge on any atom is -0.467 e. The van der Waals surface area contributed by atoms with Gasteiger partial charge in [-0.15, -0.1) is 0 Å². The summed E-state index contributed by atoms with van der Waals surface area (Å²) in [6.07, 6.45) is 2.99. The van der Waals surface area contributed by atoms with E-state index in [1.54, 1.807) is 12.1 Å². The molecule has 22 heavy (non-hydrogen) atoms. The molecule has 1 aliphatic rings. The van der Waals surface area contributed by atoms with E-state index in [0.717, 1.165) is 32.8 Å². The molecule has 0 aliphatic carbocycles. The second-order valence-electron chi connectivity index (χ2n) is 4.84. The number of hydrogen-bond acceptors (Lipinski definition) is 6. The zero-order valence-corrected chi connectivity index (χ0v) is 12.4. The minimum absolute atomic E-state index is 0.0496. The normalized spacial score (nSPS) is 16.0. The molecule has 118 valence electrons. The van der Waals surface area contributed by atoms with Crippen molar-refractivity contribution in [3.05, 3.63) is 35.9 Å². The van der Waals surface area contributed by atoms with Crippen LogP contribution in [0.25, 0.3) is 0 Å². The summed E-state index contributed by atoms with van der Waals surface area (Å²) in [6, 6.07) is 5.40. The third-order valence-electron chi connectivity index (χ3n) is 3.29. The van der Waals surface area contributed by atoms with E-state index in [-0.39, 0.29) is 12.1 Å². The number of hydrogen-bond donors (Lipinski definition) is 2. The fourth-order valence-electron chi connectivity index (χ4n) is 2.05. The van der Waals surface area contributed by atoms with Crippen LogP contribution < -0.4 is 10.6 Å². The molecule has 7 heteroatoms. The minimum atomic E-state index is -0.419. The van der Waals surface area contributed by atoms with E-state index in [4.69, 9.17) is 14.4 Å². The smallest absolute Gasteiger partial charge is 0.263 e. The lowest BCUT2D eigenvalue weighted by Crippen LogP contribution is -2.39. The van der Waals surface area contributed by atoms with Crippen molar-refractivity contribution in [2.45, 2.75) is 6.54 Å². The van der Waals surface area contributed by atoms with Crippen molar-refractivity contribution >= 4 is 5.91 Å². The van der Waals surface area contributed by atoms with Gasteiger partial charge in [-0.3, -0.25) is 9.69 Å². The molecule has 0 atom stereocenters. The molecule has 1 aliphatic heterocycles. The first-order chi connectivity index (χ1) is 10.8. The largest absolute Gasteiger partial charge is 0.467 e. The summed E-state index contributed by atoms with van der Waals surface area (Å²) in [4.78, 5) is 14.1. The van der Waals surface area contributed by atoms with Gasteiger partial charge in [-0.05, 0) is 12.1 Å². The number of carbonyl (C=O) groups is 1. The number of furan rings is 1. The van der Waals surface area contributed by atoms with Gasteiger partial charge in [0, 0.05) is 32.4 Å². The maximum Gasteiger partial charge on any atom is 0.263 e. The van der Waals surface area contributed by atoms with Crippen LogP contribution in [0.4, 0.5) is 0 Å². The number of nitriles is 1. The molecule has 0 saturated carbocycles. The predicted molar refractivity (Wildman–Crippen MR) is 79.5 cm³/mol. The van der Waals surface area contributed by atoms with Crippen LogP contribution in [0.2, 0.25) is 0 Å². The zero-order valence-electron chi connectivity index (χ0n) is 12.4. The summed E-state index contributed by atoms with van der Waals surface area (Å²) < 4.78 is 10.4. The Bertz CT molecular complexity index is 527. The van der Waals surface area contributed by atoms with Crippen LogP contribution in [0.5, 0.6) is 0 Å². The molecule has 1 saturated heterocycles. The molecule has 2 N–H and O–H groups in total.